The lowest BCUT2D eigenvalue weighted by Crippen LogP contribution is -2.45. The van der Waals surface area contributed by atoms with Crippen molar-refractivity contribution in [3.05, 3.63) is 23.8 Å². The van der Waals surface area contributed by atoms with Crippen LogP contribution in [-0.4, -0.2) is 39.3 Å². The Labute approximate surface area is 125 Å². The maximum atomic E-state index is 12.1. The molecule has 1 atom stereocenters. The highest BCUT2D eigenvalue weighted by atomic mass is 35.5. The second-order valence-corrected chi connectivity index (χ2v) is 4.59. The molecule has 1 aromatic rings. The van der Waals surface area contributed by atoms with Gasteiger partial charge in [-0.2, -0.15) is 0 Å². The summed E-state index contributed by atoms with van der Waals surface area (Å²) >= 11 is 0. The van der Waals surface area contributed by atoms with E-state index in [1.54, 1.807) is 32.4 Å². The normalized spacial score (nSPS) is 17.8. The van der Waals surface area contributed by atoms with Gasteiger partial charge in [0.2, 0.25) is 0 Å². The number of nitrogens with one attached hydrogen (secondary N) is 2. The molecule has 1 aliphatic rings. The number of benzene rings is 1. The van der Waals surface area contributed by atoms with E-state index in [1.807, 2.05) is 0 Å². The standard InChI is InChI=1S/C14H20N2O3.ClH/c1-18-12-6-5-10(8-13(12)19-2)14(17)16-11-4-3-7-15-9-11;/h5-6,8,11,15H,3-4,7,9H2,1-2H3,(H,16,17);1H/t11-;/m0./s1. The van der Waals surface area contributed by atoms with Gasteiger partial charge in [-0.25, -0.2) is 0 Å². The first-order valence-electron chi connectivity index (χ1n) is 6.48. The number of hydrogen-bond donors (Lipinski definition) is 2. The van der Waals surface area contributed by atoms with E-state index in [-0.39, 0.29) is 24.4 Å². The Morgan fingerprint density at radius 1 is 1.30 bits per heavy atom. The molecule has 20 heavy (non-hydrogen) atoms. The number of hydrogen-bond acceptors (Lipinski definition) is 4. The number of ether oxygens (including phenoxy) is 2. The SMILES string of the molecule is COc1ccc(C(=O)N[C@H]2CCCNC2)cc1OC.Cl. The number of halogens is 1. The molecule has 6 heteroatoms. The van der Waals surface area contributed by atoms with E-state index in [2.05, 4.69) is 10.6 Å². The fraction of sp³-hybridized carbons (Fsp3) is 0.500. The molecular weight excluding hydrogens is 280 g/mol. The summed E-state index contributed by atoms with van der Waals surface area (Å²) in [5.41, 5.74) is 0.586. The van der Waals surface area contributed by atoms with Gasteiger partial charge in [0, 0.05) is 18.2 Å². The molecule has 0 saturated carbocycles. The minimum absolute atomic E-state index is 0. The van der Waals surface area contributed by atoms with Crippen LogP contribution in [0, 0.1) is 0 Å². The topological polar surface area (TPSA) is 59.6 Å². The molecule has 1 aliphatic heterocycles. The van der Waals surface area contributed by atoms with Gasteiger partial charge < -0.3 is 20.1 Å². The number of rotatable bonds is 4. The Morgan fingerprint density at radius 3 is 2.65 bits per heavy atom. The second-order valence-electron chi connectivity index (χ2n) is 4.59. The van der Waals surface area contributed by atoms with Gasteiger partial charge in [-0.1, -0.05) is 0 Å². The summed E-state index contributed by atoms with van der Waals surface area (Å²) in [6.45, 7) is 1.86. The van der Waals surface area contributed by atoms with Gasteiger partial charge in [-0.3, -0.25) is 4.79 Å². The van der Waals surface area contributed by atoms with Gasteiger partial charge >= 0.3 is 0 Å². The predicted octanol–water partition coefficient (Wildman–Crippen LogP) is 1.61. The first-order chi connectivity index (χ1) is 9.24. The van der Waals surface area contributed by atoms with Crippen LogP contribution in [0.5, 0.6) is 11.5 Å². The van der Waals surface area contributed by atoms with Gasteiger partial charge in [0.25, 0.3) is 5.91 Å². The highest BCUT2D eigenvalue weighted by molar-refractivity contribution is 5.95. The van der Waals surface area contributed by atoms with Crippen molar-refractivity contribution in [2.45, 2.75) is 18.9 Å². The molecule has 1 heterocycles. The monoisotopic (exact) mass is 300 g/mol. The van der Waals surface area contributed by atoms with Gasteiger partial charge in [0.05, 0.1) is 14.2 Å². The van der Waals surface area contributed by atoms with Crippen LogP contribution in [0.3, 0.4) is 0 Å². The summed E-state index contributed by atoms with van der Waals surface area (Å²) in [6.07, 6.45) is 2.11. The molecular formula is C14H21ClN2O3. The lowest BCUT2D eigenvalue weighted by molar-refractivity contribution is 0.0930. The van der Waals surface area contributed by atoms with Crippen molar-refractivity contribution < 1.29 is 14.3 Å². The van der Waals surface area contributed by atoms with Crippen LogP contribution in [0.4, 0.5) is 0 Å². The molecule has 5 nitrogen and oxygen atoms in total. The first kappa shape index (κ1) is 16.6. The third-order valence-corrected chi connectivity index (χ3v) is 3.28. The van der Waals surface area contributed by atoms with Crippen LogP contribution in [0.15, 0.2) is 18.2 Å². The van der Waals surface area contributed by atoms with Crippen molar-refractivity contribution in [1.82, 2.24) is 10.6 Å². The fourth-order valence-electron chi connectivity index (χ4n) is 2.22. The van der Waals surface area contributed by atoms with Crippen LogP contribution in [0.2, 0.25) is 0 Å². The molecule has 0 radical (unpaired) electrons. The molecule has 112 valence electrons. The Bertz CT molecular complexity index is 448. The average Bonchev–Trinajstić information content (AvgIpc) is 2.47. The van der Waals surface area contributed by atoms with Crippen LogP contribution in [0.1, 0.15) is 23.2 Å². The fourth-order valence-corrected chi connectivity index (χ4v) is 2.22. The van der Waals surface area contributed by atoms with Gasteiger partial charge in [0.1, 0.15) is 0 Å². The van der Waals surface area contributed by atoms with Crippen LogP contribution in [-0.2, 0) is 0 Å². The number of methoxy groups -OCH3 is 2. The molecule has 2 N–H and O–H groups in total. The quantitative estimate of drug-likeness (QED) is 0.887. The van der Waals surface area contributed by atoms with Crippen molar-refractivity contribution in [1.29, 1.82) is 0 Å². The third-order valence-electron chi connectivity index (χ3n) is 3.28. The van der Waals surface area contributed by atoms with Gasteiger partial charge in [-0.05, 0) is 37.6 Å². The molecule has 0 spiro atoms. The lowest BCUT2D eigenvalue weighted by Gasteiger charge is -2.23. The summed E-state index contributed by atoms with van der Waals surface area (Å²) in [5, 5.41) is 6.30. The Hall–Kier alpha value is -1.46. The van der Waals surface area contributed by atoms with Crippen LogP contribution >= 0.6 is 12.4 Å². The highest BCUT2D eigenvalue weighted by Crippen LogP contribution is 2.27. The van der Waals surface area contributed by atoms with E-state index < -0.39 is 0 Å². The molecule has 1 saturated heterocycles. The van der Waals surface area contributed by atoms with E-state index in [1.165, 1.54) is 0 Å². The van der Waals surface area contributed by atoms with Crippen molar-refractivity contribution in [2.75, 3.05) is 27.3 Å². The molecule has 2 rings (SSSR count). The smallest absolute Gasteiger partial charge is 0.251 e. The molecule has 0 aromatic heterocycles. The Morgan fingerprint density at radius 2 is 2.05 bits per heavy atom. The molecule has 1 fully saturated rings. The zero-order chi connectivity index (χ0) is 13.7. The first-order valence-corrected chi connectivity index (χ1v) is 6.48. The largest absolute Gasteiger partial charge is 0.493 e. The Balaban J connectivity index is 0.00000200. The van der Waals surface area contributed by atoms with E-state index in [0.717, 1.165) is 25.9 Å². The van der Waals surface area contributed by atoms with Gasteiger partial charge in [-0.15, -0.1) is 12.4 Å². The number of amides is 1. The highest BCUT2D eigenvalue weighted by Gasteiger charge is 2.17. The Kier molecular flexibility index (Phi) is 6.61. The summed E-state index contributed by atoms with van der Waals surface area (Å²) in [5.74, 6) is 1.12. The number of carbonyl (C=O) groups excluding carboxylic acids is 1. The molecule has 1 amide bonds. The minimum Gasteiger partial charge on any atom is -0.493 e. The van der Waals surface area contributed by atoms with Crippen molar-refractivity contribution in [3.63, 3.8) is 0 Å². The number of piperidine rings is 1. The summed E-state index contributed by atoms with van der Waals surface area (Å²) in [4.78, 5) is 12.1. The van der Waals surface area contributed by atoms with Crippen molar-refractivity contribution >= 4 is 18.3 Å². The van der Waals surface area contributed by atoms with E-state index >= 15 is 0 Å². The van der Waals surface area contributed by atoms with Crippen molar-refractivity contribution in [2.24, 2.45) is 0 Å². The zero-order valence-electron chi connectivity index (χ0n) is 11.8. The summed E-state index contributed by atoms with van der Waals surface area (Å²) in [6, 6.07) is 5.39. The maximum Gasteiger partial charge on any atom is 0.251 e. The van der Waals surface area contributed by atoms with E-state index in [0.29, 0.717) is 17.1 Å². The second kappa shape index (κ2) is 7.97. The average molecular weight is 301 g/mol. The maximum absolute atomic E-state index is 12.1. The molecule has 0 unspecified atom stereocenters. The van der Waals surface area contributed by atoms with E-state index in [9.17, 15) is 4.79 Å². The van der Waals surface area contributed by atoms with Crippen LogP contribution in [0.25, 0.3) is 0 Å². The molecule has 0 bridgehead atoms. The molecule has 0 aliphatic carbocycles. The predicted molar refractivity (Wildman–Crippen MR) is 80.2 cm³/mol. The third kappa shape index (κ3) is 4.02. The summed E-state index contributed by atoms with van der Waals surface area (Å²) < 4.78 is 10.4. The molecule has 1 aromatic carbocycles. The minimum atomic E-state index is -0.0744. The lowest BCUT2D eigenvalue weighted by atomic mass is 10.1. The van der Waals surface area contributed by atoms with Gasteiger partial charge in [0.15, 0.2) is 11.5 Å². The zero-order valence-corrected chi connectivity index (χ0v) is 12.6. The van der Waals surface area contributed by atoms with E-state index in [4.69, 9.17) is 9.47 Å². The summed E-state index contributed by atoms with van der Waals surface area (Å²) in [7, 11) is 3.13. The van der Waals surface area contributed by atoms with Crippen LogP contribution < -0.4 is 20.1 Å². The van der Waals surface area contributed by atoms with Crippen molar-refractivity contribution in [3.8, 4) is 11.5 Å². The number of carbonyl (C=O) groups is 1.